The van der Waals surface area contributed by atoms with E-state index in [2.05, 4.69) is 10.3 Å². The molecule has 2 rings (SSSR count). The van der Waals surface area contributed by atoms with Crippen LogP contribution in [-0.4, -0.2) is 26.0 Å². The van der Waals surface area contributed by atoms with Gasteiger partial charge in [0, 0.05) is 7.05 Å². The molecular formula is C10H11N3O3. The summed E-state index contributed by atoms with van der Waals surface area (Å²) in [6, 6.07) is 0. The van der Waals surface area contributed by atoms with Crippen molar-refractivity contribution in [2.24, 2.45) is 7.05 Å². The molecule has 0 aliphatic heterocycles. The highest BCUT2D eigenvalue weighted by molar-refractivity contribution is 5.95. The maximum absolute atomic E-state index is 11.1. The first-order valence-electron chi connectivity index (χ1n) is 4.71. The van der Waals surface area contributed by atoms with Crippen LogP contribution in [0, 0.1) is 13.8 Å². The van der Waals surface area contributed by atoms with E-state index in [1.54, 1.807) is 24.9 Å². The largest absolute Gasteiger partial charge is 0.477 e. The zero-order valence-corrected chi connectivity index (χ0v) is 9.18. The first-order chi connectivity index (χ1) is 7.52. The van der Waals surface area contributed by atoms with E-state index in [-0.39, 0.29) is 5.56 Å². The summed E-state index contributed by atoms with van der Waals surface area (Å²) in [6.07, 6.45) is 1.66. The molecule has 0 atom stereocenters. The van der Waals surface area contributed by atoms with Crippen molar-refractivity contribution in [1.29, 1.82) is 0 Å². The minimum atomic E-state index is -1.05. The van der Waals surface area contributed by atoms with Crippen molar-refractivity contribution >= 4 is 5.97 Å². The number of hydrogen-bond donors (Lipinski definition) is 1. The van der Waals surface area contributed by atoms with Gasteiger partial charge in [0.1, 0.15) is 17.0 Å². The lowest BCUT2D eigenvalue weighted by molar-refractivity contribution is 0.0695. The summed E-state index contributed by atoms with van der Waals surface area (Å²) < 4.78 is 6.50. The van der Waals surface area contributed by atoms with Crippen molar-refractivity contribution in [3.05, 3.63) is 23.1 Å². The van der Waals surface area contributed by atoms with E-state index in [9.17, 15) is 4.79 Å². The molecule has 1 N–H and O–H groups in total. The second kappa shape index (κ2) is 3.48. The van der Waals surface area contributed by atoms with Crippen LogP contribution in [0.25, 0.3) is 11.4 Å². The Labute approximate surface area is 91.5 Å². The molecule has 6 nitrogen and oxygen atoms in total. The molecule has 0 spiro atoms. The number of aromatic carboxylic acids is 1. The van der Waals surface area contributed by atoms with Gasteiger partial charge in [-0.05, 0) is 19.4 Å². The number of aryl methyl sites for hydroxylation is 3. The number of aromatic nitrogens is 3. The van der Waals surface area contributed by atoms with Gasteiger partial charge in [0.05, 0.1) is 11.9 Å². The predicted octanol–water partition coefficient (Wildman–Crippen LogP) is 1.39. The minimum Gasteiger partial charge on any atom is -0.477 e. The number of carboxylic acids is 1. The molecule has 0 saturated carbocycles. The van der Waals surface area contributed by atoms with Crippen LogP contribution in [-0.2, 0) is 7.05 Å². The van der Waals surface area contributed by atoms with Gasteiger partial charge >= 0.3 is 5.97 Å². The molecule has 84 valence electrons. The summed E-state index contributed by atoms with van der Waals surface area (Å²) in [5, 5.41) is 16.9. The standard InChI is InChI=1S/C10H11N3O3/c1-5-4-11-13(3)9(5)8-7(10(14)15)6(2)16-12-8/h4H,1-3H3,(H,14,15). The molecule has 0 aliphatic rings. The molecule has 0 aliphatic carbocycles. The number of hydrogen-bond acceptors (Lipinski definition) is 4. The Bertz CT molecular complexity index is 534. The van der Waals surface area contributed by atoms with Gasteiger partial charge in [0.2, 0.25) is 0 Å². The molecule has 0 fully saturated rings. The third-order valence-electron chi connectivity index (χ3n) is 2.42. The van der Waals surface area contributed by atoms with Crippen LogP contribution in [0.1, 0.15) is 21.7 Å². The zero-order chi connectivity index (χ0) is 11.9. The van der Waals surface area contributed by atoms with Crippen LogP contribution < -0.4 is 0 Å². The quantitative estimate of drug-likeness (QED) is 0.828. The Balaban J connectivity index is 2.70. The summed E-state index contributed by atoms with van der Waals surface area (Å²) in [7, 11) is 1.73. The van der Waals surface area contributed by atoms with Crippen LogP contribution in [0.3, 0.4) is 0 Å². The normalized spacial score (nSPS) is 10.7. The van der Waals surface area contributed by atoms with E-state index in [0.29, 0.717) is 17.1 Å². The molecule has 2 heterocycles. The van der Waals surface area contributed by atoms with Crippen LogP contribution >= 0.6 is 0 Å². The minimum absolute atomic E-state index is 0.0895. The van der Waals surface area contributed by atoms with Crippen LogP contribution in [0.2, 0.25) is 0 Å². The molecule has 0 bridgehead atoms. The molecule has 16 heavy (non-hydrogen) atoms. The first-order valence-corrected chi connectivity index (χ1v) is 4.71. The van der Waals surface area contributed by atoms with Crippen LogP contribution in [0.5, 0.6) is 0 Å². The summed E-state index contributed by atoms with van der Waals surface area (Å²) >= 11 is 0. The molecule has 6 heteroatoms. The zero-order valence-electron chi connectivity index (χ0n) is 9.18. The van der Waals surface area contributed by atoms with Gasteiger partial charge in [-0.3, -0.25) is 4.68 Å². The Kier molecular flexibility index (Phi) is 2.26. The van der Waals surface area contributed by atoms with E-state index >= 15 is 0 Å². The molecule has 0 unspecified atom stereocenters. The Morgan fingerprint density at radius 2 is 2.19 bits per heavy atom. The van der Waals surface area contributed by atoms with Crippen molar-refractivity contribution in [3.8, 4) is 11.4 Å². The second-order valence-electron chi connectivity index (χ2n) is 3.57. The van der Waals surface area contributed by atoms with E-state index < -0.39 is 5.97 Å². The highest BCUT2D eigenvalue weighted by Gasteiger charge is 2.24. The molecule has 0 amide bonds. The van der Waals surface area contributed by atoms with Crippen molar-refractivity contribution in [2.75, 3.05) is 0 Å². The van der Waals surface area contributed by atoms with Gasteiger partial charge in [0.25, 0.3) is 0 Å². The fourth-order valence-corrected chi connectivity index (χ4v) is 1.67. The molecular weight excluding hydrogens is 210 g/mol. The summed E-state index contributed by atoms with van der Waals surface area (Å²) in [5.74, 6) is -0.752. The summed E-state index contributed by atoms with van der Waals surface area (Å²) in [5.41, 5.74) is 1.93. The number of carboxylic acid groups (broad SMARTS) is 1. The van der Waals surface area contributed by atoms with Crippen molar-refractivity contribution in [2.45, 2.75) is 13.8 Å². The van der Waals surface area contributed by atoms with E-state index in [1.807, 2.05) is 6.92 Å². The summed E-state index contributed by atoms with van der Waals surface area (Å²) in [6.45, 7) is 3.42. The van der Waals surface area contributed by atoms with E-state index in [4.69, 9.17) is 9.63 Å². The van der Waals surface area contributed by atoms with E-state index in [1.165, 1.54) is 0 Å². The number of nitrogens with zero attached hydrogens (tertiary/aromatic N) is 3. The number of carbonyl (C=O) groups is 1. The van der Waals surface area contributed by atoms with Gasteiger partial charge in [0.15, 0.2) is 0 Å². The van der Waals surface area contributed by atoms with Crippen LogP contribution in [0.4, 0.5) is 0 Å². The maximum Gasteiger partial charge on any atom is 0.341 e. The topological polar surface area (TPSA) is 81.2 Å². The molecule has 0 aromatic carbocycles. The van der Waals surface area contributed by atoms with Gasteiger partial charge in [-0.1, -0.05) is 5.16 Å². The first kappa shape index (κ1) is 10.4. The summed E-state index contributed by atoms with van der Waals surface area (Å²) in [4.78, 5) is 11.1. The average molecular weight is 221 g/mol. The van der Waals surface area contributed by atoms with Crippen LogP contribution in [0.15, 0.2) is 10.7 Å². The highest BCUT2D eigenvalue weighted by atomic mass is 16.5. The lowest BCUT2D eigenvalue weighted by atomic mass is 10.1. The maximum atomic E-state index is 11.1. The highest BCUT2D eigenvalue weighted by Crippen LogP contribution is 2.27. The fourth-order valence-electron chi connectivity index (χ4n) is 1.67. The SMILES string of the molecule is Cc1cnn(C)c1-c1noc(C)c1C(=O)O. The van der Waals surface area contributed by atoms with Crippen molar-refractivity contribution < 1.29 is 14.4 Å². The third kappa shape index (κ3) is 1.39. The van der Waals surface area contributed by atoms with Gasteiger partial charge in [-0.25, -0.2) is 4.79 Å². The smallest absolute Gasteiger partial charge is 0.341 e. The third-order valence-corrected chi connectivity index (χ3v) is 2.42. The van der Waals surface area contributed by atoms with E-state index in [0.717, 1.165) is 5.56 Å². The Morgan fingerprint density at radius 3 is 2.69 bits per heavy atom. The van der Waals surface area contributed by atoms with Crippen molar-refractivity contribution in [3.63, 3.8) is 0 Å². The fraction of sp³-hybridized carbons (Fsp3) is 0.300. The van der Waals surface area contributed by atoms with Gasteiger partial charge in [-0.2, -0.15) is 5.10 Å². The monoisotopic (exact) mass is 221 g/mol. The number of rotatable bonds is 2. The Morgan fingerprint density at radius 1 is 1.50 bits per heavy atom. The molecule has 0 radical (unpaired) electrons. The lowest BCUT2D eigenvalue weighted by Crippen LogP contribution is -2.03. The molecule has 2 aromatic heterocycles. The van der Waals surface area contributed by atoms with Gasteiger partial charge < -0.3 is 9.63 Å². The second-order valence-corrected chi connectivity index (χ2v) is 3.57. The molecule has 0 saturated heterocycles. The predicted molar refractivity (Wildman–Crippen MR) is 55.1 cm³/mol. The lowest BCUT2D eigenvalue weighted by Gasteiger charge is -2.00. The van der Waals surface area contributed by atoms with Crippen molar-refractivity contribution in [1.82, 2.24) is 14.9 Å². The average Bonchev–Trinajstić information content (AvgIpc) is 2.70. The molecule has 2 aromatic rings. The Hall–Kier alpha value is -2.11. The van der Waals surface area contributed by atoms with Gasteiger partial charge in [-0.15, -0.1) is 0 Å².